The van der Waals surface area contributed by atoms with Crippen molar-refractivity contribution in [3.8, 4) is 17.4 Å². The van der Waals surface area contributed by atoms with Crippen molar-refractivity contribution < 1.29 is 19.0 Å². The minimum Gasteiger partial charge on any atom is -0.474 e. The molecule has 0 atom stereocenters. The van der Waals surface area contributed by atoms with E-state index in [0.29, 0.717) is 12.4 Å². The van der Waals surface area contributed by atoms with Gasteiger partial charge in [0.25, 0.3) is 0 Å². The average molecular weight is 383 g/mol. The standard InChI is InChI=1S/C21H25N3O4/c1-14-2-9-20(22-11-14)28-17-6-4-16(5-7-17)24-21(25)23-12-15-3-8-18-19(10-15)27-13-26-18/h2-3,8-11,16-17H,4-7,12-13H2,1H3,(H2,23,24,25). The maximum atomic E-state index is 12.2. The van der Waals surface area contributed by atoms with Crippen LogP contribution in [-0.4, -0.2) is 30.0 Å². The molecule has 0 bridgehead atoms. The molecule has 0 radical (unpaired) electrons. The van der Waals surface area contributed by atoms with Gasteiger partial charge in [-0.15, -0.1) is 0 Å². The molecule has 148 valence electrons. The number of amides is 2. The molecule has 28 heavy (non-hydrogen) atoms. The molecule has 2 amide bonds. The highest BCUT2D eigenvalue weighted by Crippen LogP contribution is 2.32. The first-order valence-corrected chi connectivity index (χ1v) is 9.68. The minimum absolute atomic E-state index is 0.151. The number of carbonyl (C=O) groups is 1. The maximum absolute atomic E-state index is 12.2. The van der Waals surface area contributed by atoms with Gasteiger partial charge in [-0.2, -0.15) is 0 Å². The Morgan fingerprint density at radius 3 is 2.75 bits per heavy atom. The third-order valence-electron chi connectivity index (χ3n) is 5.07. The molecular formula is C21H25N3O4. The Morgan fingerprint density at radius 2 is 1.96 bits per heavy atom. The van der Waals surface area contributed by atoms with Crippen molar-refractivity contribution in [1.82, 2.24) is 15.6 Å². The minimum atomic E-state index is -0.151. The molecule has 1 aliphatic carbocycles. The van der Waals surface area contributed by atoms with Crippen molar-refractivity contribution in [2.24, 2.45) is 0 Å². The summed E-state index contributed by atoms with van der Waals surface area (Å²) in [6.45, 7) is 2.70. The number of hydrogen-bond acceptors (Lipinski definition) is 5. The summed E-state index contributed by atoms with van der Waals surface area (Å²) in [5.41, 5.74) is 2.09. The Labute approximate surface area is 164 Å². The molecule has 1 aliphatic heterocycles. The van der Waals surface area contributed by atoms with Gasteiger partial charge in [0, 0.05) is 24.8 Å². The van der Waals surface area contributed by atoms with E-state index in [4.69, 9.17) is 14.2 Å². The van der Waals surface area contributed by atoms with Gasteiger partial charge in [-0.05, 0) is 55.9 Å². The van der Waals surface area contributed by atoms with Crippen LogP contribution in [0.1, 0.15) is 36.8 Å². The fourth-order valence-corrected chi connectivity index (χ4v) is 3.49. The molecule has 0 saturated heterocycles. The number of aromatic nitrogens is 1. The van der Waals surface area contributed by atoms with Gasteiger partial charge in [0.15, 0.2) is 11.5 Å². The molecule has 0 unspecified atom stereocenters. The van der Waals surface area contributed by atoms with Crippen molar-refractivity contribution in [1.29, 1.82) is 0 Å². The van der Waals surface area contributed by atoms with Crippen LogP contribution in [-0.2, 0) is 6.54 Å². The van der Waals surface area contributed by atoms with E-state index >= 15 is 0 Å². The third kappa shape index (κ3) is 4.65. The van der Waals surface area contributed by atoms with Crippen molar-refractivity contribution in [2.75, 3.05) is 6.79 Å². The Hall–Kier alpha value is -2.96. The largest absolute Gasteiger partial charge is 0.474 e. The summed E-state index contributed by atoms with van der Waals surface area (Å²) >= 11 is 0. The van der Waals surface area contributed by atoms with Gasteiger partial charge in [-0.25, -0.2) is 9.78 Å². The average Bonchev–Trinajstić information content (AvgIpc) is 3.17. The lowest BCUT2D eigenvalue weighted by atomic mass is 9.93. The highest BCUT2D eigenvalue weighted by molar-refractivity contribution is 5.74. The van der Waals surface area contributed by atoms with Crippen LogP contribution in [0.4, 0.5) is 4.79 Å². The molecule has 1 aromatic heterocycles. The van der Waals surface area contributed by atoms with E-state index in [1.54, 1.807) is 0 Å². The summed E-state index contributed by atoms with van der Waals surface area (Å²) in [4.78, 5) is 16.5. The van der Waals surface area contributed by atoms with Crippen LogP contribution in [0.5, 0.6) is 17.4 Å². The monoisotopic (exact) mass is 383 g/mol. The smallest absolute Gasteiger partial charge is 0.315 e. The maximum Gasteiger partial charge on any atom is 0.315 e. The Bertz CT molecular complexity index is 817. The number of carbonyl (C=O) groups excluding carboxylic acids is 1. The first-order valence-electron chi connectivity index (χ1n) is 9.68. The molecule has 4 rings (SSSR count). The van der Waals surface area contributed by atoms with Gasteiger partial charge in [0.1, 0.15) is 6.10 Å². The summed E-state index contributed by atoms with van der Waals surface area (Å²) in [6, 6.07) is 9.61. The van der Waals surface area contributed by atoms with E-state index in [9.17, 15) is 4.79 Å². The summed E-state index contributed by atoms with van der Waals surface area (Å²) < 4.78 is 16.6. The second-order valence-corrected chi connectivity index (χ2v) is 7.28. The fraction of sp³-hybridized carbons (Fsp3) is 0.429. The number of rotatable bonds is 5. The lowest BCUT2D eigenvalue weighted by molar-refractivity contribution is 0.135. The molecule has 7 nitrogen and oxygen atoms in total. The van der Waals surface area contributed by atoms with Crippen LogP contribution in [0.3, 0.4) is 0 Å². The molecule has 2 aliphatic rings. The van der Waals surface area contributed by atoms with E-state index in [0.717, 1.165) is 48.3 Å². The summed E-state index contributed by atoms with van der Waals surface area (Å²) in [7, 11) is 0. The number of pyridine rings is 1. The van der Waals surface area contributed by atoms with E-state index in [2.05, 4.69) is 15.6 Å². The number of urea groups is 1. The van der Waals surface area contributed by atoms with Gasteiger partial charge in [-0.3, -0.25) is 0 Å². The number of nitrogens with one attached hydrogen (secondary N) is 2. The van der Waals surface area contributed by atoms with Gasteiger partial charge in [-0.1, -0.05) is 12.1 Å². The highest BCUT2D eigenvalue weighted by Gasteiger charge is 2.24. The van der Waals surface area contributed by atoms with E-state index in [1.807, 2.05) is 43.5 Å². The normalized spacial score (nSPS) is 20.5. The summed E-state index contributed by atoms with van der Waals surface area (Å²) in [6.07, 6.45) is 5.57. The number of ether oxygens (including phenoxy) is 3. The second kappa shape index (κ2) is 8.37. The zero-order valence-corrected chi connectivity index (χ0v) is 15.9. The topological polar surface area (TPSA) is 81.7 Å². The molecule has 2 aromatic rings. The van der Waals surface area contributed by atoms with E-state index in [-0.39, 0.29) is 25.0 Å². The first kappa shape index (κ1) is 18.4. The number of hydrogen-bond donors (Lipinski definition) is 2. The van der Waals surface area contributed by atoms with Crippen LogP contribution in [0.2, 0.25) is 0 Å². The number of aryl methyl sites for hydroxylation is 1. The van der Waals surface area contributed by atoms with Crippen molar-refractivity contribution in [3.05, 3.63) is 47.7 Å². The molecule has 2 heterocycles. The quantitative estimate of drug-likeness (QED) is 0.828. The number of nitrogens with zero attached hydrogens (tertiary/aromatic N) is 1. The van der Waals surface area contributed by atoms with Gasteiger partial charge >= 0.3 is 6.03 Å². The van der Waals surface area contributed by atoms with Crippen molar-refractivity contribution >= 4 is 6.03 Å². The molecule has 2 N–H and O–H groups in total. The molecular weight excluding hydrogens is 358 g/mol. The Kier molecular flexibility index (Phi) is 5.50. The molecule has 1 fully saturated rings. The molecule has 0 spiro atoms. The lowest BCUT2D eigenvalue weighted by Gasteiger charge is -2.29. The van der Waals surface area contributed by atoms with Crippen LogP contribution in [0, 0.1) is 6.92 Å². The SMILES string of the molecule is Cc1ccc(OC2CCC(NC(=O)NCc3ccc4c(c3)OCO4)CC2)nc1. The van der Waals surface area contributed by atoms with Gasteiger partial charge in [0.05, 0.1) is 0 Å². The van der Waals surface area contributed by atoms with Gasteiger partial charge in [0.2, 0.25) is 12.7 Å². The van der Waals surface area contributed by atoms with Crippen molar-refractivity contribution in [3.63, 3.8) is 0 Å². The van der Waals surface area contributed by atoms with Crippen LogP contribution >= 0.6 is 0 Å². The van der Waals surface area contributed by atoms with Crippen LogP contribution in [0.25, 0.3) is 0 Å². The number of fused-ring (bicyclic) bond motifs is 1. The fourth-order valence-electron chi connectivity index (χ4n) is 3.49. The summed E-state index contributed by atoms with van der Waals surface area (Å²) in [5.74, 6) is 2.14. The molecule has 7 heteroatoms. The van der Waals surface area contributed by atoms with Crippen LogP contribution in [0.15, 0.2) is 36.5 Å². The number of benzene rings is 1. The molecule has 1 aromatic carbocycles. The van der Waals surface area contributed by atoms with E-state index < -0.39 is 0 Å². The zero-order valence-electron chi connectivity index (χ0n) is 15.9. The Morgan fingerprint density at radius 1 is 1.14 bits per heavy atom. The van der Waals surface area contributed by atoms with Gasteiger partial charge < -0.3 is 24.8 Å². The zero-order chi connectivity index (χ0) is 19.3. The highest BCUT2D eigenvalue weighted by atomic mass is 16.7. The first-order chi connectivity index (χ1) is 13.7. The second-order valence-electron chi connectivity index (χ2n) is 7.28. The third-order valence-corrected chi connectivity index (χ3v) is 5.07. The van der Waals surface area contributed by atoms with E-state index in [1.165, 1.54) is 0 Å². The van der Waals surface area contributed by atoms with Crippen molar-refractivity contribution in [2.45, 2.75) is 51.3 Å². The van der Waals surface area contributed by atoms with Crippen LogP contribution < -0.4 is 24.8 Å². The lowest BCUT2D eigenvalue weighted by Crippen LogP contribution is -2.44. The molecule has 1 saturated carbocycles. The summed E-state index contributed by atoms with van der Waals surface area (Å²) in [5, 5.41) is 5.96. The predicted molar refractivity (Wildman–Crippen MR) is 104 cm³/mol. The Balaban J connectivity index is 1.18. The predicted octanol–water partition coefficient (Wildman–Crippen LogP) is 3.31.